The van der Waals surface area contributed by atoms with Gasteiger partial charge in [0.1, 0.15) is 11.6 Å². The largest absolute Gasteiger partial charge is 0.496 e. The van der Waals surface area contributed by atoms with Crippen LogP contribution in [0.25, 0.3) is 0 Å². The Labute approximate surface area is 124 Å². The van der Waals surface area contributed by atoms with Crippen LogP contribution in [0.1, 0.15) is 24.8 Å². The van der Waals surface area contributed by atoms with Gasteiger partial charge in [-0.3, -0.25) is 4.79 Å². The number of benzene rings is 1. The van der Waals surface area contributed by atoms with E-state index in [1.165, 1.54) is 19.2 Å². The van der Waals surface area contributed by atoms with Crippen molar-refractivity contribution < 1.29 is 13.9 Å². The number of halogens is 1. The van der Waals surface area contributed by atoms with Gasteiger partial charge in [-0.2, -0.15) is 0 Å². The van der Waals surface area contributed by atoms with Crippen LogP contribution in [0.3, 0.4) is 0 Å². The summed E-state index contributed by atoms with van der Waals surface area (Å²) in [5, 5.41) is 6.52. The lowest BCUT2D eigenvalue weighted by molar-refractivity contribution is -0.121. The highest BCUT2D eigenvalue weighted by Gasteiger charge is 2.50. The van der Waals surface area contributed by atoms with Crippen molar-refractivity contribution in [3.63, 3.8) is 0 Å². The van der Waals surface area contributed by atoms with Crippen LogP contribution in [-0.2, 0) is 11.2 Å². The molecule has 1 aliphatic heterocycles. The van der Waals surface area contributed by atoms with E-state index in [0.717, 1.165) is 32.4 Å². The van der Waals surface area contributed by atoms with Gasteiger partial charge in [0.05, 0.1) is 13.5 Å². The first kappa shape index (κ1) is 14.3. The standard InChI is InChI=1S/C16H21FN2O2/c1-21-14-3-2-13(17)8-11(14)9-15(20)19-16(5-6-16)12-4-7-18-10-12/h2-3,8,12,18H,4-7,9-10H2,1H3,(H,19,20). The first-order valence-corrected chi connectivity index (χ1v) is 7.47. The number of carbonyl (C=O) groups is 1. The van der Waals surface area contributed by atoms with Crippen LogP contribution < -0.4 is 15.4 Å². The van der Waals surface area contributed by atoms with E-state index in [0.29, 0.717) is 17.2 Å². The molecule has 1 aromatic rings. The lowest BCUT2D eigenvalue weighted by Crippen LogP contribution is -2.44. The van der Waals surface area contributed by atoms with Crippen molar-refractivity contribution in [2.45, 2.75) is 31.2 Å². The second-order valence-corrected chi connectivity index (χ2v) is 6.03. The summed E-state index contributed by atoms with van der Waals surface area (Å²) >= 11 is 0. The van der Waals surface area contributed by atoms with Crippen LogP contribution in [0.5, 0.6) is 5.75 Å². The minimum atomic E-state index is -0.347. The lowest BCUT2D eigenvalue weighted by Gasteiger charge is -2.24. The normalized spacial score (nSPS) is 22.9. The molecule has 3 rings (SSSR count). The number of carbonyl (C=O) groups excluding carboxylic acids is 1. The highest BCUT2D eigenvalue weighted by atomic mass is 19.1. The summed E-state index contributed by atoms with van der Waals surface area (Å²) in [6.07, 6.45) is 3.36. The molecule has 4 nitrogen and oxygen atoms in total. The van der Waals surface area contributed by atoms with Gasteiger partial charge < -0.3 is 15.4 Å². The first-order chi connectivity index (χ1) is 10.1. The second-order valence-electron chi connectivity index (χ2n) is 6.03. The molecule has 0 aromatic heterocycles. The fourth-order valence-electron chi connectivity index (χ4n) is 3.28. The molecule has 1 heterocycles. The van der Waals surface area contributed by atoms with Crippen LogP contribution in [0, 0.1) is 11.7 Å². The van der Waals surface area contributed by atoms with Crippen LogP contribution in [0.2, 0.25) is 0 Å². The summed E-state index contributed by atoms with van der Waals surface area (Å²) in [5.74, 6) is 0.679. The summed E-state index contributed by atoms with van der Waals surface area (Å²) in [6, 6.07) is 4.27. The molecular formula is C16H21FN2O2. The van der Waals surface area contributed by atoms with Gasteiger partial charge in [-0.15, -0.1) is 0 Å². The summed E-state index contributed by atoms with van der Waals surface area (Å²) < 4.78 is 18.5. The molecular weight excluding hydrogens is 271 g/mol. The molecule has 114 valence electrons. The molecule has 1 aliphatic carbocycles. The molecule has 0 radical (unpaired) electrons. The Bertz CT molecular complexity index is 537. The molecule has 2 fully saturated rings. The molecule has 21 heavy (non-hydrogen) atoms. The van der Waals surface area contributed by atoms with Crippen molar-refractivity contribution >= 4 is 5.91 Å². The maximum Gasteiger partial charge on any atom is 0.225 e. The van der Waals surface area contributed by atoms with Gasteiger partial charge in [0.2, 0.25) is 5.91 Å². The Morgan fingerprint density at radius 1 is 1.52 bits per heavy atom. The van der Waals surface area contributed by atoms with Crippen molar-refractivity contribution in [2.75, 3.05) is 20.2 Å². The number of hydrogen-bond donors (Lipinski definition) is 2. The number of methoxy groups -OCH3 is 1. The minimum absolute atomic E-state index is 0.0266. The average Bonchev–Trinajstić information content (AvgIpc) is 3.02. The molecule has 1 saturated carbocycles. The predicted molar refractivity (Wildman–Crippen MR) is 77.7 cm³/mol. The van der Waals surface area contributed by atoms with Gasteiger partial charge in [-0.25, -0.2) is 4.39 Å². The average molecular weight is 292 g/mol. The van der Waals surface area contributed by atoms with E-state index in [4.69, 9.17) is 4.74 Å². The van der Waals surface area contributed by atoms with Crippen molar-refractivity contribution in [3.8, 4) is 5.75 Å². The molecule has 1 amide bonds. The van der Waals surface area contributed by atoms with Gasteiger partial charge in [0, 0.05) is 17.6 Å². The highest BCUT2D eigenvalue weighted by molar-refractivity contribution is 5.80. The Balaban J connectivity index is 1.65. The fourth-order valence-corrected chi connectivity index (χ4v) is 3.28. The third-order valence-corrected chi connectivity index (χ3v) is 4.61. The highest BCUT2D eigenvalue weighted by Crippen LogP contribution is 2.44. The number of nitrogens with one attached hydrogen (secondary N) is 2. The molecule has 0 spiro atoms. The van der Waals surface area contributed by atoms with Crippen LogP contribution in [0.4, 0.5) is 4.39 Å². The Morgan fingerprint density at radius 3 is 2.95 bits per heavy atom. The molecule has 1 unspecified atom stereocenters. The van der Waals surface area contributed by atoms with E-state index >= 15 is 0 Å². The zero-order valence-electron chi connectivity index (χ0n) is 12.2. The maximum atomic E-state index is 13.3. The van der Waals surface area contributed by atoms with Crippen molar-refractivity contribution in [2.24, 2.45) is 5.92 Å². The molecule has 1 aromatic carbocycles. The van der Waals surface area contributed by atoms with Gasteiger partial charge in [-0.05, 0) is 49.9 Å². The second kappa shape index (κ2) is 5.64. The molecule has 1 atom stereocenters. The lowest BCUT2D eigenvalue weighted by atomic mass is 9.96. The Kier molecular flexibility index (Phi) is 3.85. The molecule has 5 heteroatoms. The van der Waals surface area contributed by atoms with Crippen LogP contribution >= 0.6 is 0 Å². The van der Waals surface area contributed by atoms with Gasteiger partial charge in [0.15, 0.2) is 0 Å². The zero-order chi connectivity index (χ0) is 14.9. The SMILES string of the molecule is COc1ccc(F)cc1CC(=O)NC1(C2CCNC2)CC1. The van der Waals surface area contributed by atoms with E-state index in [2.05, 4.69) is 10.6 Å². The topological polar surface area (TPSA) is 50.4 Å². The molecule has 2 N–H and O–H groups in total. The quantitative estimate of drug-likeness (QED) is 0.867. The molecule has 1 saturated heterocycles. The van der Waals surface area contributed by atoms with E-state index < -0.39 is 0 Å². The molecule has 0 bridgehead atoms. The monoisotopic (exact) mass is 292 g/mol. The van der Waals surface area contributed by atoms with E-state index in [-0.39, 0.29) is 23.7 Å². The third kappa shape index (κ3) is 3.02. The van der Waals surface area contributed by atoms with E-state index in [9.17, 15) is 9.18 Å². The van der Waals surface area contributed by atoms with E-state index in [1.807, 2.05) is 0 Å². The zero-order valence-corrected chi connectivity index (χ0v) is 12.2. The van der Waals surface area contributed by atoms with Gasteiger partial charge in [0.25, 0.3) is 0 Å². The van der Waals surface area contributed by atoms with Gasteiger partial charge >= 0.3 is 0 Å². The summed E-state index contributed by atoms with van der Waals surface area (Å²) in [5.41, 5.74) is 0.566. The molecule has 2 aliphatic rings. The summed E-state index contributed by atoms with van der Waals surface area (Å²) in [4.78, 5) is 12.3. The van der Waals surface area contributed by atoms with Crippen LogP contribution in [-0.4, -0.2) is 31.6 Å². The van der Waals surface area contributed by atoms with Crippen molar-refractivity contribution in [1.82, 2.24) is 10.6 Å². The minimum Gasteiger partial charge on any atom is -0.496 e. The predicted octanol–water partition coefficient (Wildman–Crippen LogP) is 1.64. The number of ether oxygens (including phenoxy) is 1. The van der Waals surface area contributed by atoms with E-state index in [1.54, 1.807) is 6.07 Å². The fraction of sp³-hybridized carbons (Fsp3) is 0.562. The maximum absolute atomic E-state index is 13.3. The van der Waals surface area contributed by atoms with Crippen LogP contribution in [0.15, 0.2) is 18.2 Å². The number of rotatable bonds is 5. The van der Waals surface area contributed by atoms with Crippen molar-refractivity contribution in [1.29, 1.82) is 0 Å². The summed E-state index contributed by atoms with van der Waals surface area (Å²) in [7, 11) is 1.53. The van der Waals surface area contributed by atoms with Gasteiger partial charge in [-0.1, -0.05) is 0 Å². The third-order valence-electron chi connectivity index (χ3n) is 4.61. The Hall–Kier alpha value is -1.62. The smallest absolute Gasteiger partial charge is 0.225 e. The number of amides is 1. The summed E-state index contributed by atoms with van der Waals surface area (Å²) in [6.45, 7) is 2.00. The number of hydrogen-bond acceptors (Lipinski definition) is 3. The van der Waals surface area contributed by atoms with Crippen molar-refractivity contribution in [3.05, 3.63) is 29.6 Å². The first-order valence-electron chi connectivity index (χ1n) is 7.47. The Morgan fingerprint density at radius 2 is 2.33 bits per heavy atom.